The SMILES string of the molecule is Cc1nc(C2CC2)ccc1C(=O)N(C)Cc1cc(C(C)(C)C)n[nH]1. The maximum atomic E-state index is 12.7. The summed E-state index contributed by atoms with van der Waals surface area (Å²) in [5.74, 6) is 0.598. The molecule has 1 aliphatic rings. The van der Waals surface area contributed by atoms with Gasteiger partial charge in [0.2, 0.25) is 0 Å². The van der Waals surface area contributed by atoms with Crippen molar-refractivity contribution in [1.29, 1.82) is 0 Å². The molecule has 5 nitrogen and oxygen atoms in total. The minimum atomic E-state index is -0.00532. The van der Waals surface area contributed by atoms with Crippen LogP contribution in [-0.4, -0.2) is 33.0 Å². The summed E-state index contributed by atoms with van der Waals surface area (Å²) in [5, 5.41) is 7.39. The third-order valence-corrected chi connectivity index (χ3v) is 4.49. The standard InChI is InChI=1S/C19H26N4O/c1-12-15(8-9-16(20-12)13-6-7-13)18(24)23(5)11-14-10-17(22-21-14)19(2,3)4/h8-10,13H,6-7,11H2,1-5H3,(H,21,22). The number of amides is 1. The number of carbonyl (C=O) groups is 1. The lowest BCUT2D eigenvalue weighted by atomic mass is 9.92. The van der Waals surface area contributed by atoms with E-state index in [0.717, 1.165) is 22.8 Å². The first-order valence-electron chi connectivity index (χ1n) is 8.53. The van der Waals surface area contributed by atoms with Crippen LogP contribution in [0.15, 0.2) is 18.2 Å². The molecule has 0 bridgehead atoms. The van der Waals surface area contributed by atoms with Gasteiger partial charge in [0, 0.05) is 24.1 Å². The molecule has 1 aliphatic carbocycles. The van der Waals surface area contributed by atoms with Crippen LogP contribution < -0.4 is 0 Å². The number of aromatic nitrogens is 3. The highest BCUT2D eigenvalue weighted by Crippen LogP contribution is 2.39. The Morgan fingerprint density at radius 1 is 1.33 bits per heavy atom. The summed E-state index contributed by atoms with van der Waals surface area (Å²) in [6, 6.07) is 5.95. The number of rotatable bonds is 4. The summed E-state index contributed by atoms with van der Waals surface area (Å²) >= 11 is 0. The van der Waals surface area contributed by atoms with Crippen LogP contribution in [0.4, 0.5) is 0 Å². The molecule has 1 N–H and O–H groups in total. The first kappa shape index (κ1) is 16.7. The van der Waals surface area contributed by atoms with Gasteiger partial charge >= 0.3 is 0 Å². The van der Waals surface area contributed by atoms with Crippen LogP contribution in [0, 0.1) is 6.92 Å². The predicted octanol–water partition coefficient (Wildman–Crippen LogP) is 3.56. The number of aromatic amines is 1. The minimum absolute atomic E-state index is 0.00349. The third kappa shape index (κ3) is 3.50. The number of hydrogen-bond acceptors (Lipinski definition) is 3. The Bertz CT molecular complexity index is 753. The van der Waals surface area contributed by atoms with Gasteiger partial charge in [-0.25, -0.2) is 0 Å². The van der Waals surface area contributed by atoms with Crippen molar-refractivity contribution in [1.82, 2.24) is 20.1 Å². The van der Waals surface area contributed by atoms with E-state index in [1.54, 1.807) is 4.90 Å². The number of nitrogens with zero attached hydrogens (tertiary/aromatic N) is 3. The van der Waals surface area contributed by atoms with Gasteiger partial charge in [-0.3, -0.25) is 14.9 Å². The molecular weight excluding hydrogens is 300 g/mol. The highest BCUT2D eigenvalue weighted by Gasteiger charge is 2.26. The molecule has 24 heavy (non-hydrogen) atoms. The first-order chi connectivity index (χ1) is 11.3. The molecular formula is C19H26N4O. The van der Waals surface area contributed by atoms with Crippen LogP contribution in [0.2, 0.25) is 0 Å². The second kappa shape index (κ2) is 6.04. The summed E-state index contributed by atoms with van der Waals surface area (Å²) in [5.41, 5.74) is 4.56. The molecule has 2 heterocycles. The quantitative estimate of drug-likeness (QED) is 0.934. The molecule has 128 valence electrons. The van der Waals surface area contributed by atoms with E-state index in [-0.39, 0.29) is 11.3 Å². The van der Waals surface area contributed by atoms with Crippen molar-refractivity contribution in [3.63, 3.8) is 0 Å². The van der Waals surface area contributed by atoms with E-state index >= 15 is 0 Å². The highest BCUT2D eigenvalue weighted by atomic mass is 16.2. The smallest absolute Gasteiger partial charge is 0.255 e. The lowest BCUT2D eigenvalue weighted by Gasteiger charge is -2.17. The third-order valence-electron chi connectivity index (χ3n) is 4.49. The average Bonchev–Trinajstić information content (AvgIpc) is 3.24. The lowest BCUT2D eigenvalue weighted by Crippen LogP contribution is -2.27. The second-order valence-corrected chi connectivity index (χ2v) is 7.83. The number of hydrogen-bond donors (Lipinski definition) is 1. The van der Waals surface area contributed by atoms with Gasteiger partial charge in [-0.05, 0) is 38.0 Å². The van der Waals surface area contributed by atoms with Gasteiger partial charge < -0.3 is 4.90 Å². The predicted molar refractivity (Wildman–Crippen MR) is 94.0 cm³/mol. The number of H-pyrrole nitrogens is 1. The van der Waals surface area contributed by atoms with E-state index in [2.05, 4.69) is 36.0 Å². The summed E-state index contributed by atoms with van der Waals surface area (Å²) in [7, 11) is 1.81. The largest absolute Gasteiger partial charge is 0.336 e. The van der Waals surface area contributed by atoms with E-state index in [9.17, 15) is 4.79 Å². The molecule has 0 unspecified atom stereocenters. The summed E-state index contributed by atoms with van der Waals surface area (Å²) in [6.07, 6.45) is 2.44. The van der Waals surface area contributed by atoms with Crippen LogP contribution in [0.5, 0.6) is 0 Å². The monoisotopic (exact) mass is 326 g/mol. The molecule has 0 aromatic carbocycles. The number of nitrogens with one attached hydrogen (secondary N) is 1. The first-order valence-corrected chi connectivity index (χ1v) is 8.53. The zero-order valence-corrected chi connectivity index (χ0v) is 15.2. The molecule has 1 fully saturated rings. The Balaban J connectivity index is 1.71. The molecule has 1 saturated carbocycles. The van der Waals surface area contributed by atoms with Crippen LogP contribution in [0.25, 0.3) is 0 Å². The molecule has 3 rings (SSSR count). The molecule has 2 aromatic heterocycles. The van der Waals surface area contributed by atoms with Gasteiger partial charge in [-0.15, -0.1) is 0 Å². The van der Waals surface area contributed by atoms with Gasteiger partial charge in [-0.2, -0.15) is 5.10 Å². The van der Waals surface area contributed by atoms with Crippen molar-refractivity contribution < 1.29 is 4.79 Å². The summed E-state index contributed by atoms with van der Waals surface area (Å²) in [6.45, 7) is 8.79. The lowest BCUT2D eigenvalue weighted by molar-refractivity contribution is 0.0782. The van der Waals surface area contributed by atoms with E-state index in [1.165, 1.54) is 12.8 Å². The Hall–Kier alpha value is -2.17. The Morgan fingerprint density at radius 3 is 2.58 bits per heavy atom. The van der Waals surface area contributed by atoms with Crippen molar-refractivity contribution in [3.05, 3.63) is 46.5 Å². The number of carbonyl (C=O) groups excluding carboxylic acids is 1. The van der Waals surface area contributed by atoms with Crippen molar-refractivity contribution >= 4 is 5.91 Å². The highest BCUT2D eigenvalue weighted by molar-refractivity contribution is 5.95. The van der Waals surface area contributed by atoms with Crippen molar-refractivity contribution in [2.75, 3.05) is 7.05 Å². The second-order valence-electron chi connectivity index (χ2n) is 7.83. The fraction of sp³-hybridized carbons (Fsp3) is 0.526. The van der Waals surface area contributed by atoms with Gasteiger partial charge in [0.05, 0.1) is 29.2 Å². The van der Waals surface area contributed by atoms with Crippen LogP contribution in [0.3, 0.4) is 0 Å². The van der Waals surface area contributed by atoms with Gasteiger partial charge in [0.25, 0.3) is 5.91 Å². The normalized spacial score (nSPS) is 14.7. The fourth-order valence-corrected chi connectivity index (χ4v) is 2.77. The van der Waals surface area contributed by atoms with Gasteiger partial charge in [0.15, 0.2) is 0 Å². The van der Waals surface area contributed by atoms with Crippen LogP contribution in [-0.2, 0) is 12.0 Å². The van der Waals surface area contributed by atoms with Gasteiger partial charge in [-0.1, -0.05) is 20.8 Å². The van der Waals surface area contributed by atoms with E-state index in [4.69, 9.17) is 0 Å². The molecule has 0 radical (unpaired) electrons. The summed E-state index contributed by atoms with van der Waals surface area (Å²) < 4.78 is 0. The number of pyridine rings is 1. The zero-order chi connectivity index (χ0) is 17.5. The van der Waals surface area contributed by atoms with E-state index in [1.807, 2.05) is 32.2 Å². The molecule has 0 saturated heterocycles. The molecule has 2 aromatic rings. The Kier molecular flexibility index (Phi) is 4.20. The van der Waals surface area contributed by atoms with Crippen molar-refractivity contribution in [3.8, 4) is 0 Å². The Morgan fingerprint density at radius 2 is 2.04 bits per heavy atom. The fourth-order valence-electron chi connectivity index (χ4n) is 2.77. The molecule has 0 atom stereocenters. The maximum absolute atomic E-state index is 12.7. The van der Waals surface area contributed by atoms with Crippen LogP contribution >= 0.6 is 0 Å². The molecule has 1 amide bonds. The van der Waals surface area contributed by atoms with Crippen LogP contribution in [0.1, 0.15) is 72.7 Å². The van der Waals surface area contributed by atoms with E-state index in [0.29, 0.717) is 18.0 Å². The maximum Gasteiger partial charge on any atom is 0.255 e. The number of aryl methyl sites for hydroxylation is 1. The summed E-state index contributed by atoms with van der Waals surface area (Å²) in [4.78, 5) is 19.0. The zero-order valence-electron chi connectivity index (χ0n) is 15.2. The van der Waals surface area contributed by atoms with Crippen molar-refractivity contribution in [2.45, 2.75) is 58.4 Å². The Labute approximate surface area is 143 Å². The molecule has 0 spiro atoms. The molecule has 5 heteroatoms. The van der Waals surface area contributed by atoms with Crippen molar-refractivity contribution in [2.24, 2.45) is 0 Å². The minimum Gasteiger partial charge on any atom is -0.336 e. The topological polar surface area (TPSA) is 61.9 Å². The van der Waals surface area contributed by atoms with E-state index < -0.39 is 0 Å². The molecule has 0 aliphatic heterocycles. The van der Waals surface area contributed by atoms with Gasteiger partial charge in [0.1, 0.15) is 0 Å². The average molecular weight is 326 g/mol.